The van der Waals surface area contributed by atoms with E-state index in [0.29, 0.717) is 24.9 Å². The van der Waals surface area contributed by atoms with Crippen LogP contribution in [0.3, 0.4) is 0 Å². The van der Waals surface area contributed by atoms with Gasteiger partial charge in [-0.3, -0.25) is 4.79 Å². The Hall–Kier alpha value is -7.48. The van der Waals surface area contributed by atoms with Gasteiger partial charge in [0.05, 0.1) is 51.1 Å². The number of ether oxygens (including phenoxy) is 2. The number of hydrogen-bond donors (Lipinski definition) is 2. The highest BCUT2D eigenvalue weighted by molar-refractivity contribution is 5.94. The van der Waals surface area contributed by atoms with Crippen molar-refractivity contribution < 1.29 is 41.7 Å². The van der Waals surface area contributed by atoms with E-state index in [2.05, 4.69) is 59.9 Å². The van der Waals surface area contributed by atoms with Gasteiger partial charge in [-0.15, -0.1) is 10.2 Å². The van der Waals surface area contributed by atoms with Crippen molar-refractivity contribution in [2.24, 2.45) is 5.73 Å². The largest absolute Gasteiger partial charge is 0.494 e. The molecule has 0 aliphatic heterocycles. The molecule has 0 spiro atoms. The van der Waals surface area contributed by atoms with Crippen LogP contribution in [0.1, 0.15) is 98.6 Å². The SMILES string of the molecule is COc1ccc(F)c(CCC(=O)c2cn(Cc3cn4cc(C5CC5)ccc4n3)nn2)c1F.COc1ccc(F)c(CN)c1F.O=C(O)c1cn(Cc2cn3cc(C4CC4)ccc3n2)nn1. The third-order valence-corrected chi connectivity index (χ3v) is 10.9. The predicted octanol–water partition coefficient (Wildman–Crippen LogP) is 6.94. The Bertz CT molecular complexity index is 3010. The van der Waals surface area contributed by atoms with E-state index in [1.165, 1.54) is 84.9 Å². The number of aromatic carboxylic acids is 1. The number of carbonyl (C=O) groups is 2. The molecule has 6 aromatic heterocycles. The molecule has 336 valence electrons. The second kappa shape index (κ2) is 19.1. The average Bonchev–Trinajstić information content (AvgIpc) is 4.13. The fraction of sp³-hybridized carbons (Fsp3) is 0.289. The molecule has 16 nitrogen and oxygen atoms in total. The number of nitrogens with zero attached hydrogens (tertiary/aromatic N) is 10. The zero-order chi connectivity index (χ0) is 45.8. The van der Waals surface area contributed by atoms with Gasteiger partial charge >= 0.3 is 5.97 Å². The van der Waals surface area contributed by atoms with E-state index >= 15 is 0 Å². The molecule has 10 rings (SSSR count). The number of halogens is 4. The Morgan fingerprint density at radius 3 is 1.60 bits per heavy atom. The van der Waals surface area contributed by atoms with E-state index in [4.69, 9.17) is 15.6 Å². The lowest BCUT2D eigenvalue weighted by atomic mass is 10.0. The number of hydrogen-bond acceptors (Lipinski definition) is 11. The number of methoxy groups -OCH3 is 2. The Morgan fingerprint density at radius 1 is 0.662 bits per heavy atom. The van der Waals surface area contributed by atoms with Crippen LogP contribution >= 0.6 is 0 Å². The van der Waals surface area contributed by atoms with Gasteiger partial charge in [0, 0.05) is 48.9 Å². The van der Waals surface area contributed by atoms with Crippen LogP contribution < -0.4 is 15.2 Å². The lowest BCUT2D eigenvalue weighted by Crippen LogP contribution is -2.05. The highest BCUT2D eigenvalue weighted by Gasteiger charge is 2.25. The zero-order valence-electron chi connectivity index (χ0n) is 35.2. The molecule has 6 heterocycles. The molecule has 0 atom stereocenters. The number of Topliss-reactive ketones (excluding diaryl/α,β-unsaturated/α-hetero) is 1. The summed E-state index contributed by atoms with van der Waals surface area (Å²) in [7, 11) is 2.62. The number of benzene rings is 2. The third kappa shape index (κ3) is 10.3. The standard InChI is InChI=1S/C23H21F2N5O2.C14H13N5O2.C8H9F2NO/c1-32-21-8-6-18(24)17(23(21)25)5-7-20(31)19-13-30(28-27-19)12-16-11-29-10-15(14-2-3-14)4-9-22(29)26-16;20-14(21)12-8-19(17-16-12)7-11-6-18-5-10(9-1-2-9)3-4-13(18)15-11;1-12-7-3-2-6(9)5(4-11)8(7)10/h4,6,8-11,13-14H,2-3,5,7,12H2,1H3;3-6,8-9H,1-2,7H2,(H,20,21);2-3H,4,11H2,1H3. The van der Waals surface area contributed by atoms with Crippen LogP contribution in [0.25, 0.3) is 11.3 Å². The summed E-state index contributed by atoms with van der Waals surface area (Å²) in [6.45, 7) is 0.593. The average molecular weight is 894 g/mol. The maximum absolute atomic E-state index is 14.3. The fourth-order valence-corrected chi connectivity index (χ4v) is 7.15. The van der Waals surface area contributed by atoms with E-state index < -0.39 is 29.2 Å². The summed E-state index contributed by atoms with van der Waals surface area (Å²) in [5, 5.41) is 24.1. The first-order valence-corrected chi connectivity index (χ1v) is 20.6. The molecule has 0 radical (unpaired) electrons. The molecule has 0 saturated heterocycles. The maximum atomic E-state index is 14.3. The molecule has 2 saturated carbocycles. The van der Waals surface area contributed by atoms with Crippen molar-refractivity contribution in [2.75, 3.05) is 14.2 Å². The number of pyridine rings is 2. The van der Waals surface area contributed by atoms with Crippen molar-refractivity contribution in [3.05, 3.63) is 154 Å². The number of nitrogens with two attached hydrogens (primary N) is 1. The molecule has 0 unspecified atom stereocenters. The Kier molecular flexibility index (Phi) is 13.0. The third-order valence-electron chi connectivity index (χ3n) is 10.9. The van der Waals surface area contributed by atoms with E-state index in [1.807, 2.05) is 33.3 Å². The van der Waals surface area contributed by atoms with Crippen molar-refractivity contribution in [3.63, 3.8) is 0 Å². The summed E-state index contributed by atoms with van der Waals surface area (Å²) in [6.07, 6.45) is 15.9. The van der Waals surface area contributed by atoms with Gasteiger partial charge in [0.1, 0.15) is 28.6 Å². The first kappa shape index (κ1) is 44.1. The first-order chi connectivity index (χ1) is 31.4. The molecule has 65 heavy (non-hydrogen) atoms. The van der Waals surface area contributed by atoms with Crippen LogP contribution in [0.4, 0.5) is 17.6 Å². The number of ketones is 1. The molecule has 2 fully saturated rings. The van der Waals surface area contributed by atoms with Gasteiger partial charge < -0.3 is 29.1 Å². The van der Waals surface area contributed by atoms with Crippen LogP contribution in [-0.2, 0) is 26.1 Å². The zero-order valence-corrected chi connectivity index (χ0v) is 35.2. The van der Waals surface area contributed by atoms with Crippen molar-refractivity contribution in [1.29, 1.82) is 0 Å². The molecular formula is C45H43F4N11O5. The minimum atomic E-state index is -1.08. The van der Waals surface area contributed by atoms with Crippen molar-refractivity contribution in [3.8, 4) is 11.5 Å². The van der Waals surface area contributed by atoms with Crippen molar-refractivity contribution in [2.45, 2.75) is 70.0 Å². The number of carboxylic acid groups (broad SMARTS) is 1. The summed E-state index contributed by atoms with van der Waals surface area (Å²) in [4.78, 5) is 32.4. The molecule has 2 aliphatic carbocycles. The molecule has 3 N–H and O–H groups in total. The van der Waals surface area contributed by atoms with E-state index in [9.17, 15) is 27.2 Å². The van der Waals surface area contributed by atoms with Gasteiger partial charge in [-0.1, -0.05) is 22.6 Å². The topological polar surface area (TPSA) is 195 Å². The predicted molar refractivity (Wildman–Crippen MR) is 226 cm³/mol. The second-order valence-corrected chi connectivity index (χ2v) is 15.6. The molecule has 2 aromatic carbocycles. The van der Waals surface area contributed by atoms with Gasteiger partial charge in [0.15, 0.2) is 34.6 Å². The van der Waals surface area contributed by atoms with Gasteiger partial charge in [0.2, 0.25) is 0 Å². The summed E-state index contributed by atoms with van der Waals surface area (Å²) in [5.74, 6) is -2.98. The van der Waals surface area contributed by atoms with E-state index in [-0.39, 0.29) is 59.2 Å². The number of fused-ring (bicyclic) bond motifs is 2. The summed E-state index contributed by atoms with van der Waals surface area (Å²) in [5.41, 5.74) is 10.9. The molecule has 0 bridgehead atoms. The Morgan fingerprint density at radius 2 is 1.14 bits per heavy atom. The molecule has 8 aromatic rings. The van der Waals surface area contributed by atoms with Gasteiger partial charge in [0.25, 0.3) is 0 Å². The first-order valence-electron chi connectivity index (χ1n) is 20.6. The van der Waals surface area contributed by atoms with Crippen molar-refractivity contribution >= 4 is 23.0 Å². The highest BCUT2D eigenvalue weighted by Crippen LogP contribution is 2.40. The maximum Gasteiger partial charge on any atom is 0.358 e. The minimum absolute atomic E-state index is 0.0110. The quantitative estimate of drug-likeness (QED) is 0.0845. The summed E-state index contributed by atoms with van der Waals surface area (Å²) in [6, 6.07) is 13.0. The lowest BCUT2D eigenvalue weighted by Gasteiger charge is -2.08. The number of aromatic nitrogens is 10. The molecule has 2 aliphatic rings. The summed E-state index contributed by atoms with van der Waals surface area (Å²) < 4.78 is 70.7. The Labute approximate surface area is 368 Å². The van der Waals surface area contributed by atoms with E-state index in [0.717, 1.165) is 34.8 Å². The minimum Gasteiger partial charge on any atom is -0.494 e. The summed E-state index contributed by atoms with van der Waals surface area (Å²) >= 11 is 0. The molecular weight excluding hydrogens is 851 g/mol. The van der Waals surface area contributed by atoms with Crippen LogP contribution in [0.5, 0.6) is 11.5 Å². The van der Waals surface area contributed by atoms with Gasteiger partial charge in [-0.05, 0) is 91.5 Å². The number of imidazole rings is 2. The van der Waals surface area contributed by atoms with Crippen LogP contribution in [0, 0.1) is 23.3 Å². The number of rotatable bonds is 14. The Balaban J connectivity index is 0.000000149. The van der Waals surface area contributed by atoms with Crippen LogP contribution in [0.15, 0.2) is 85.7 Å². The van der Waals surface area contributed by atoms with Crippen molar-refractivity contribution in [1.82, 2.24) is 48.8 Å². The van der Waals surface area contributed by atoms with Gasteiger partial charge in [-0.2, -0.15) is 0 Å². The molecule has 20 heteroatoms. The van der Waals surface area contributed by atoms with Crippen LogP contribution in [-0.4, -0.2) is 79.8 Å². The smallest absolute Gasteiger partial charge is 0.358 e. The fourth-order valence-electron chi connectivity index (χ4n) is 7.15. The highest BCUT2D eigenvalue weighted by atomic mass is 19.1. The lowest BCUT2D eigenvalue weighted by molar-refractivity contribution is 0.0690. The monoisotopic (exact) mass is 893 g/mol. The van der Waals surface area contributed by atoms with E-state index in [1.54, 1.807) is 0 Å². The second-order valence-electron chi connectivity index (χ2n) is 15.6. The number of carbonyl (C=O) groups excluding carboxylic acids is 1. The van der Waals surface area contributed by atoms with Crippen LogP contribution in [0.2, 0.25) is 0 Å². The number of carboxylic acids is 1. The molecule has 0 amide bonds. The normalized spacial score (nSPS) is 13.3. The van der Waals surface area contributed by atoms with Gasteiger partial charge in [-0.25, -0.2) is 41.7 Å².